The molecule has 1 saturated heterocycles. The van der Waals surface area contributed by atoms with Crippen LogP contribution in [0.15, 0.2) is 22.6 Å². The fourth-order valence-corrected chi connectivity index (χ4v) is 5.55. The SMILES string of the molecule is COCCn1ccc(C(=O)Nc2csc(C34COC(C)CC3CSC(N)=N4)n2)n1. The fourth-order valence-electron chi connectivity index (χ4n) is 3.58. The van der Waals surface area contributed by atoms with Gasteiger partial charge in [-0.25, -0.2) is 9.98 Å². The zero-order chi connectivity index (χ0) is 20.4. The van der Waals surface area contributed by atoms with Crippen LogP contribution in [-0.2, 0) is 21.6 Å². The van der Waals surface area contributed by atoms with Gasteiger partial charge in [-0.15, -0.1) is 11.3 Å². The third-order valence-corrected chi connectivity index (χ3v) is 7.10. The Balaban J connectivity index is 1.51. The summed E-state index contributed by atoms with van der Waals surface area (Å²) in [5.41, 5.74) is 5.80. The molecule has 29 heavy (non-hydrogen) atoms. The number of anilines is 1. The second kappa shape index (κ2) is 8.42. The van der Waals surface area contributed by atoms with E-state index in [0.29, 0.717) is 42.4 Å². The topological polar surface area (TPSA) is 117 Å². The van der Waals surface area contributed by atoms with Crippen molar-refractivity contribution >= 4 is 40.0 Å². The minimum absolute atomic E-state index is 0.190. The monoisotopic (exact) mass is 436 g/mol. The standard InChI is InChI=1S/C18H24N6O3S2/c1-11-7-12-8-29-17(19)22-18(12,10-27-11)16-21-14(9-28-16)20-15(25)13-3-4-24(23-13)5-6-26-2/h3-4,9,11-12H,5-8,10H2,1-2H3,(H2,19,22)(H,20,25). The number of amidine groups is 1. The Bertz CT molecular complexity index is 913. The maximum Gasteiger partial charge on any atom is 0.277 e. The highest BCUT2D eigenvalue weighted by atomic mass is 32.2. The summed E-state index contributed by atoms with van der Waals surface area (Å²) < 4.78 is 12.6. The Morgan fingerprint density at radius 3 is 3.24 bits per heavy atom. The van der Waals surface area contributed by atoms with Crippen LogP contribution in [0.25, 0.3) is 0 Å². The number of amides is 1. The number of carbonyl (C=O) groups is 1. The number of aromatic nitrogens is 3. The molecular formula is C18H24N6O3S2. The van der Waals surface area contributed by atoms with Crippen LogP contribution in [0.2, 0.25) is 0 Å². The summed E-state index contributed by atoms with van der Waals surface area (Å²) in [4.78, 5) is 22.0. The molecule has 0 spiro atoms. The number of aliphatic imine (C=N–C) groups is 1. The molecule has 0 bridgehead atoms. The quantitative estimate of drug-likeness (QED) is 0.710. The van der Waals surface area contributed by atoms with E-state index in [4.69, 9.17) is 20.2 Å². The smallest absolute Gasteiger partial charge is 0.277 e. The first kappa shape index (κ1) is 20.3. The van der Waals surface area contributed by atoms with Crippen LogP contribution in [0.3, 0.4) is 0 Å². The van der Waals surface area contributed by atoms with Crippen molar-refractivity contribution < 1.29 is 14.3 Å². The molecule has 2 aromatic rings. The number of hydrogen-bond acceptors (Lipinski definition) is 9. The molecule has 3 N–H and O–H groups in total. The lowest BCUT2D eigenvalue weighted by Gasteiger charge is -2.44. The van der Waals surface area contributed by atoms with E-state index in [1.54, 1.807) is 35.8 Å². The normalized spacial score (nSPS) is 26.6. The van der Waals surface area contributed by atoms with Crippen LogP contribution in [0, 0.1) is 5.92 Å². The lowest BCUT2D eigenvalue weighted by atomic mass is 9.80. The van der Waals surface area contributed by atoms with Crippen molar-refractivity contribution in [2.24, 2.45) is 16.6 Å². The third-order valence-electron chi connectivity index (χ3n) is 5.14. The molecule has 0 radical (unpaired) electrons. The molecule has 11 heteroatoms. The van der Waals surface area contributed by atoms with Gasteiger partial charge in [0.2, 0.25) is 0 Å². The zero-order valence-electron chi connectivity index (χ0n) is 16.3. The zero-order valence-corrected chi connectivity index (χ0v) is 18.0. The van der Waals surface area contributed by atoms with Crippen molar-refractivity contribution in [2.75, 3.05) is 31.4 Å². The maximum atomic E-state index is 12.5. The first-order valence-electron chi connectivity index (χ1n) is 9.39. The largest absolute Gasteiger partial charge is 0.383 e. The predicted molar refractivity (Wildman–Crippen MR) is 113 cm³/mol. The number of nitrogens with two attached hydrogens (primary N) is 1. The lowest BCUT2D eigenvalue weighted by Crippen LogP contribution is -2.49. The fraction of sp³-hybridized carbons (Fsp3) is 0.556. The number of methoxy groups -OCH3 is 1. The summed E-state index contributed by atoms with van der Waals surface area (Å²) in [6.45, 7) is 3.65. The molecule has 2 aliphatic rings. The van der Waals surface area contributed by atoms with Crippen LogP contribution in [0.5, 0.6) is 0 Å². The Kier molecular flexibility index (Phi) is 5.91. The molecule has 2 aromatic heterocycles. The van der Waals surface area contributed by atoms with Gasteiger partial charge in [0.15, 0.2) is 10.9 Å². The van der Waals surface area contributed by atoms with Crippen molar-refractivity contribution in [1.82, 2.24) is 14.8 Å². The van der Waals surface area contributed by atoms with Crippen molar-refractivity contribution in [3.05, 3.63) is 28.3 Å². The molecule has 4 rings (SSSR count). The van der Waals surface area contributed by atoms with Crippen LogP contribution >= 0.6 is 23.1 Å². The molecule has 1 fully saturated rings. The molecule has 156 valence electrons. The summed E-state index contributed by atoms with van der Waals surface area (Å²) in [6, 6.07) is 1.67. The number of hydrogen-bond donors (Lipinski definition) is 2. The summed E-state index contributed by atoms with van der Waals surface area (Å²) in [5.74, 6) is 1.38. The number of ether oxygens (including phenoxy) is 2. The first-order chi connectivity index (χ1) is 14.0. The summed E-state index contributed by atoms with van der Waals surface area (Å²) in [7, 11) is 1.63. The third kappa shape index (κ3) is 4.18. The molecular weight excluding hydrogens is 412 g/mol. The van der Waals surface area contributed by atoms with Gasteiger partial charge in [-0.2, -0.15) is 5.10 Å². The number of nitrogens with zero attached hydrogens (tertiary/aromatic N) is 4. The van der Waals surface area contributed by atoms with Gasteiger partial charge >= 0.3 is 0 Å². The van der Waals surface area contributed by atoms with E-state index in [1.165, 1.54) is 11.3 Å². The Morgan fingerprint density at radius 1 is 1.55 bits per heavy atom. The van der Waals surface area contributed by atoms with Gasteiger partial charge in [-0.1, -0.05) is 11.8 Å². The van der Waals surface area contributed by atoms with E-state index < -0.39 is 5.54 Å². The average molecular weight is 437 g/mol. The number of thiazole rings is 1. The Labute approximate surface area is 177 Å². The van der Waals surface area contributed by atoms with Crippen molar-refractivity contribution in [3.63, 3.8) is 0 Å². The molecule has 1 amide bonds. The van der Waals surface area contributed by atoms with Gasteiger partial charge < -0.3 is 20.5 Å². The van der Waals surface area contributed by atoms with E-state index in [9.17, 15) is 4.79 Å². The highest BCUT2D eigenvalue weighted by molar-refractivity contribution is 8.13. The van der Waals surface area contributed by atoms with Crippen LogP contribution in [-0.4, -0.2) is 58.0 Å². The van der Waals surface area contributed by atoms with E-state index in [1.807, 2.05) is 5.38 Å². The van der Waals surface area contributed by atoms with Crippen molar-refractivity contribution in [3.8, 4) is 0 Å². The highest BCUT2D eigenvalue weighted by Crippen LogP contribution is 2.46. The molecule has 2 aliphatic heterocycles. The van der Waals surface area contributed by atoms with Gasteiger partial charge in [0, 0.05) is 30.4 Å². The minimum Gasteiger partial charge on any atom is -0.383 e. The number of carbonyl (C=O) groups excluding carboxylic acids is 1. The second-order valence-corrected chi connectivity index (χ2v) is 9.09. The number of rotatable bonds is 6. The number of thioether (sulfide) groups is 1. The highest BCUT2D eigenvalue weighted by Gasteiger charge is 2.49. The van der Waals surface area contributed by atoms with E-state index in [2.05, 4.69) is 22.3 Å². The first-order valence-corrected chi connectivity index (χ1v) is 11.3. The second-order valence-electron chi connectivity index (χ2n) is 7.19. The molecule has 3 atom stereocenters. The molecule has 3 unspecified atom stereocenters. The number of nitrogens with one attached hydrogen (secondary N) is 1. The van der Waals surface area contributed by atoms with Crippen LogP contribution < -0.4 is 11.1 Å². The summed E-state index contributed by atoms with van der Waals surface area (Å²) >= 11 is 3.05. The van der Waals surface area contributed by atoms with E-state index in [0.717, 1.165) is 17.2 Å². The predicted octanol–water partition coefficient (Wildman–Crippen LogP) is 1.92. The minimum atomic E-state index is -0.572. The van der Waals surface area contributed by atoms with Gasteiger partial charge in [0.05, 0.1) is 25.9 Å². The molecule has 0 saturated carbocycles. The maximum absolute atomic E-state index is 12.5. The Hall–Kier alpha value is -1.95. The van der Waals surface area contributed by atoms with Gasteiger partial charge in [0.25, 0.3) is 5.91 Å². The lowest BCUT2D eigenvalue weighted by molar-refractivity contribution is -0.0466. The molecule has 0 aromatic carbocycles. The number of fused-ring (bicyclic) bond motifs is 1. The van der Waals surface area contributed by atoms with Crippen molar-refractivity contribution in [1.29, 1.82) is 0 Å². The van der Waals surface area contributed by atoms with Crippen LogP contribution in [0.1, 0.15) is 28.8 Å². The molecule has 9 nitrogen and oxygen atoms in total. The Morgan fingerprint density at radius 2 is 2.41 bits per heavy atom. The van der Waals surface area contributed by atoms with E-state index in [-0.39, 0.29) is 12.0 Å². The van der Waals surface area contributed by atoms with Crippen LogP contribution in [0.4, 0.5) is 5.82 Å². The molecule has 4 heterocycles. The van der Waals surface area contributed by atoms with Crippen molar-refractivity contribution in [2.45, 2.75) is 31.5 Å². The van der Waals surface area contributed by atoms with Gasteiger partial charge in [-0.05, 0) is 19.4 Å². The van der Waals surface area contributed by atoms with E-state index >= 15 is 0 Å². The average Bonchev–Trinajstić information content (AvgIpc) is 3.36. The molecule has 0 aliphatic carbocycles. The van der Waals surface area contributed by atoms with Gasteiger partial charge in [-0.3, -0.25) is 9.48 Å². The van der Waals surface area contributed by atoms with Gasteiger partial charge in [0.1, 0.15) is 16.4 Å². The summed E-state index contributed by atoms with van der Waals surface area (Å²) in [6.07, 6.45) is 2.85. The summed E-state index contributed by atoms with van der Waals surface area (Å²) in [5, 5.41) is 10.3.